The second kappa shape index (κ2) is 5.05. The normalized spacial score (nSPS) is 16.7. The van der Waals surface area contributed by atoms with Crippen molar-refractivity contribution in [1.29, 1.82) is 0 Å². The van der Waals surface area contributed by atoms with Crippen molar-refractivity contribution in [2.75, 3.05) is 5.32 Å². The minimum absolute atomic E-state index is 0.305. The Morgan fingerprint density at radius 2 is 2.14 bits per heavy atom. The quantitative estimate of drug-likeness (QED) is 0.797. The van der Waals surface area contributed by atoms with Gasteiger partial charge < -0.3 is 9.88 Å². The minimum Gasteiger partial charge on any atom is -0.377 e. The fraction of sp³-hybridized carbons (Fsp3) is 0.176. The summed E-state index contributed by atoms with van der Waals surface area (Å²) in [4.78, 5) is 8.63. The molecule has 1 atom stereocenters. The second-order valence-electron chi connectivity index (χ2n) is 5.30. The summed E-state index contributed by atoms with van der Waals surface area (Å²) < 4.78 is 2.01. The van der Waals surface area contributed by atoms with Crippen LogP contribution in [0.4, 0.5) is 5.69 Å². The lowest BCUT2D eigenvalue weighted by Gasteiger charge is -2.15. The molecule has 0 spiro atoms. The van der Waals surface area contributed by atoms with Crippen LogP contribution in [0.15, 0.2) is 61.3 Å². The van der Waals surface area contributed by atoms with Gasteiger partial charge >= 0.3 is 0 Å². The number of anilines is 1. The van der Waals surface area contributed by atoms with Gasteiger partial charge in [0, 0.05) is 30.0 Å². The van der Waals surface area contributed by atoms with E-state index >= 15 is 0 Å². The molecule has 21 heavy (non-hydrogen) atoms. The van der Waals surface area contributed by atoms with E-state index in [-0.39, 0.29) is 0 Å². The van der Waals surface area contributed by atoms with Crippen LogP contribution in [0.5, 0.6) is 0 Å². The van der Waals surface area contributed by atoms with E-state index in [0.29, 0.717) is 6.04 Å². The Balaban J connectivity index is 1.60. The number of aromatic nitrogens is 3. The first-order chi connectivity index (χ1) is 10.4. The SMILES string of the molecule is c1cc(NC2CCc3cccnc32)cc(-n2ccnc2)c1. The van der Waals surface area contributed by atoms with E-state index < -0.39 is 0 Å². The van der Waals surface area contributed by atoms with Gasteiger partial charge in [0.25, 0.3) is 0 Å². The van der Waals surface area contributed by atoms with Crippen molar-refractivity contribution in [2.24, 2.45) is 0 Å². The average molecular weight is 276 g/mol. The van der Waals surface area contributed by atoms with E-state index in [1.54, 1.807) is 6.20 Å². The summed E-state index contributed by atoms with van der Waals surface area (Å²) in [7, 11) is 0. The molecule has 4 heteroatoms. The molecule has 0 bridgehead atoms. The molecule has 0 saturated heterocycles. The molecule has 4 rings (SSSR count). The number of hydrogen-bond donors (Lipinski definition) is 1. The number of nitrogens with one attached hydrogen (secondary N) is 1. The van der Waals surface area contributed by atoms with Gasteiger partial charge in [-0.1, -0.05) is 12.1 Å². The van der Waals surface area contributed by atoms with E-state index in [0.717, 1.165) is 24.2 Å². The smallest absolute Gasteiger partial charge is 0.0991 e. The first-order valence-corrected chi connectivity index (χ1v) is 7.19. The number of hydrogen-bond acceptors (Lipinski definition) is 3. The number of fused-ring (bicyclic) bond motifs is 1. The van der Waals surface area contributed by atoms with Gasteiger partial charge in [-0.15, -0.1) is 0 Å². The Morgan fingerprint density at radius 3 is 3.05 bits per heavy atom. The topological polar surface area (TPSA) is 42.7 Å². The first-order valence-electron chi connectivity index (χ1n) is 7.19. The number of pyridine rings is 1. The van der Waals surface area contributed by atoms with E-state index in [1.807, 2.05) is 29.4 Å². The standard InChI is InChI=1S/C17H16N4/c1-4-14(11-15(5-1)21-10-9-18-12-21)20-16-7-6-13-3-2-8-19-17(13)16/h1-5,8-12,16,20H,6-7H2. The second-order valence-corrected chi connectivity index (χ2v) is 5.30. The molecule has 0 radical (unpaired) electrons. The Bertz CT molecular complexity index is 749. The van der Waals surface area contributed by atoms with E-state index in [1.165, 1.54) is 11.3 Å². The van der Waals surface area contributed by atoms with Crippen molar-refractivity contribution in [3.63, 3.8) is 0 Å². The molecule has 0 fully saturated rings. The summed E-state index contributed by atoms with van der Waals surface area (Å²) in [6, 6.07) is 12.9. The molecule has 0 aliphatic heterocycles. The monoisotopic (exact) mass is 276 g/mol. The minimum atomic E-state index is 0.305. The molecule has 0 amide bonds. The third kappa shape index (κ3) is 2.29. The van der Waals surface area contributed by atoms with Crippen molar-refractivity contribution in [3.05, 3.63) is 72.6 Å². The van der Waals surface area contributed by atoms with Crippen LogP contribution in [0.3, 0.4) is 0 Å². The van der Waals surface area contributed by atoms with Crippen LogP contribution in [0.25, 0.3) is 5.69 Å². The van der Waals surface area contributed by atoms with E-state index in [2.05, 4.69) is 45.6 Å². The van der Waals surface area contributed by atoms with Crippen LogP contribution >= 0.6 is 0 Å². The number of imidazole rings is 1. The molecule has 2 heterocycles. The van der Waals surface area contributed by atoms with Crippen LogP contribution in [0, 0.1) is 0 Å². The molecule has 104 valence electrons. The van der Waals surface area contributed by atoms with Crippen molar-refractivity contribution in [1.82, 2.24) is 14.5 Å². The molecule has 2 aromatic heterocycles. The van der Waals surface area contributed by atoms with Crippen molar-refractivity contribution < 1.29 is 0 Å². The first kappa shape index (κ1) is 12.1. The van der Waals surface area contributed by atoms with Gasteiger partial charge in [-0.3, -0.25) is 4.98 Å². The zero-order valence-electron chi connectivity index (χ0n) is 11.6. The molecule has 3 aromatic rings. The van der Waals surface area contributed by atoms with Crippen molar-refractivity contribution >= 4 is 5.69 Å². The van der Waals surface area contributed by atoms with Gasteiger partial charge in [-0.2, -0.15) is 0 Å². The molecule has 0 saturated carbocycles. The predicted octanol–water partition coefficient (Wildman–Crippen LogP) is 3.37. The highest BCUT2D eigenvalue weighted by molar-refractivity contribution is 5.53. The number of aryl methyl sites for hydroxylation is 1. The predicted molar refractivity (Wildman–Crippen MR) is 82.5 cm³/mol. The zero-order valence-corrected chi connectivity index (χ0v) is 11.6. The van der Waals surface area contributed by atoms with Gasteiger partial charge in [-0.25, -0.2) is 4.98 Å². The lowest BCUT2D eigenvalue weighted by molar-refractivity contribution is 0.746. The molecule has 1 unspecified atom stereocenters. The van der Waals surface area contributed by atoms with Crippen molar-refractivity contribution in [2.45, 2.75) is 18.9 Å². The molecule has 1 N–H and O–H groups in total. The largest absolute Gasteiger partial charge is 0.377 e. The van der Waals surface area contributed by atoms with Gasteiger partial charge in [-0.05, 0) is 42.7 Å². The Kier molecular flexibility index (Phi) is 2.92. The van der Waals surface area contributed by atoms with Gasteiger partial charge in [0.15, 0.2) is 0 Å². The highest BCUT2D eigenvalue weighted by atomic mass is 15.0. The maximum absolute atomic E-state index is 4.53. The summed E-state index contributed by atoms with van der Waals surface area (Å²) in [5.74, 6) is 0. The fourth-order valence-corrected chi connectivity index (χ4v) is 2.92. The lowest BCUT2D eigenvalue weighted by atomic mass is 10.2. The number of rotatable bonds is 3. The van der Waals surface area contributed by atoms with Gasteiger partial charge in [0.05, 0.1) is 18.1 Å². The number of nitrogens with zero attached hydrogens (tertiary/aromatic N) is 3. The summed E-state index contributed by atoms with van der Waals surface area (Å²) in [5, 5.41) is 3.60. The van der Waals surface area contributed by atoms with Crippen LogP contribution in [-0.4, -0.2) is 14.5 Å². The highest BCUT2D eigenvalue weighted by Gasteiger charge is 2.23. The molecule has 4 nitrogen and oxygen atoms in total. The Labute approximate surface area is 123 Å². The summed E-state index contributed by atoms with van der Waals surface area (Å²) in [6.45, 7) is 0. The van der Waals surface area contributed by atoms with Crippen LogP contribution in [0.2, 0.25) is 0 Å². The fourth-order valence-electron chi connectivity index (χ4n) is 2.92. The van der Waals surface area contributed by atoms with Crippen LogP contribution < -0.4 is 5.32 Å². The molecular weight excluding hydrogens is 260 g/mol. The van der Waals surface area contributed by atoms with Crippen LogP contribution in [0.1, 0.15) is 23.7 Å². The van der Waals surface area contributed by atoms with E-state index in [9.17, 15) is 0 Å². The van der Waals surface area contributed by atoms with Gasteiger partial charge in [0.2, 0.25) is 0 Å². The van der Waals surface area contributed by atoms with Gasteiger partial charge in [0.1, 0.15) is 0 Å². The molecule has 1 aliphatic rings. The average Bonchev–Trinajstić information content (AvgIpc) is 3.18. The molecule has 1 aromatic carbocycles. The zero-order chi connectivity index (χ0) is 14.1. The Hall–Kier alpha value is -2.62. The molecular formula is C17H16N4. The highest BCUT2D eigenvalue weighted by Crippen LogP contribution is 2.32. The maximum atomic E-state index is 4.53. The third-order valence-electron chi connectivity index (χ3n) is 3.95. The van der Waals surface area contributed by atoms with E-state index in [4.69, 9.17) is 0 Å². The van der Waals surface area contributed by atoms with Crippen LogP contribution in [-0.2, 0) is 6.42 Å². The third-order valence-corrected chi connectivity index (χ3v) is 3.95. The Morgan fingerprint density at radius 1 is 1.14 bits per heavy atom. The summed E-state index contributed by atoms with van der Waals surface area (Å²) in [5.41, 5.74) is 4.77. The number of benzene rings is 1. The van der Waals surface area contributed by atoms with Crippen molar-refractivity contribution in [3.8, 4) is 5.69 Å². The lowest BCUT2D eigenvalue weighted by Crippen LogP contribution is -2.08. The summed E-state index contributed by atoms with van der Waals surface area (Å²) >= 11 is 0. The maximum Gasteiger partial charge on any atom is 0.0991 e. The molecule has 1 aliphatic carbocycles. The summed E-state index contributed by atoms with van der Waals surface area (Å²) in [6.07, 6.45) is 9.62.